The number of hydrogen-bond donors (Lipinski definition) is 1. The van der Waals surface area contributed by atoms with Crippen molar-refractivity contribution in [2.24, 2.45) is 5.92 Å². The molecule has 0 aliphatic carbocycles. The van der Waals surface area contributed by atoms with Crippen molar-refractivity contribution in [1.82, 2.24) is 0 Å². The van der Waals surface area contributed by atoms with Gasteiger partial charge >= 0.3 is 0 Å². The molecule has 1 rings (SSSR count). The van der Waals surface area contributed by atoms with E-state index in [-0.39, 0.29) is 0 Å². The van der Waals surface area contributed by atoms with E-state index in [0.717, 1.165) is 6.42 Å². The van der Waals surface area contributed by atoms with Crippen LogP contribution in [-0.2, 0) is 6.42 Å². The van der Waals surface area contributed by atoms with Gasteiger partial charge in [-0.2, -0.15) is 0 Å². The monoisotopic (exact) mass is 184 g/mol. The van der Waals surface area contributed by atoms with E-state index in [1.165, 1.54) is 17.7 Å². The van der Waals surface area contributed by atoms with Gasteiger partial charge in [0.05, 0.1) is 0 Å². The fourth-order valence-electron chi connectivity index (χ4n) is 1.17. The summed E-state index contributed by atoms with van der Waals surface area (Å²) < 4.78 is 0. The number of aliphatic hydroxyl groups is 1. The smallest absolute Gasteiger partial charge is 0.0456 e. The zero-order chi connectivity index (χ0) is 8.81. The highest BCUT2D eigenvalue weighted by Crippen LogP contribution is 2.14. The van der Waals surface area contributed by atoms with Gasteiger partial charge in [0.15, 0.2) is 0 Å². The van der Waals surface area contributed by atoms with E-state index in [9.17, 15) is 0 Å². The maximum absolute atomic E-state index is 8.79. The van der Waals surface area contributed by atoms with Crippen LogP contribution in [-0.4, -0.2) is 11.7 Å². The Morgan fingerprint density at radius 3 is 3.00 bits per heavy atom. The minimum atomic E-state index is 0.324. The van der Waals surface area contributed by atoms with E-state index in [1.54, 1.807) is 0 Å². The molecule has 68 valence electrons. The van der Waals surface area contributed by atoms with Crippen molar-refractivity contribution < 1.29 is 5.11 Å². The lowest BCUT2D eigenvalue weighted by Crippen LogP contribution is -2.00. The van der Waals surface area contributed by atoms with E-state index >= 15 is 0 Å². The molecule has 0 aromatic carbocycles. The lowest BCUT2D eigenvalue weighted by molar-refractivity contribution is 0.228. The zero-order valence-corrected chi connectivity index (χ0v) is 8.31. The predicted molar refractivity (Wildman–Crippen MR) is 53.5 cm³/mol. The molecule has 0 saturated carbocycles. The average Bonchev–Trinajstić information content (AvgIpc) is 2.57. The fourth-order valence-corrected chi connectivity index (χ4v) is 1.92. The molecule has 0 aliphatic rings. The van der Waals surface area contributed by atoms with E-state index in [0.29, 0.717) is 12.5 Å². The van der Waals surface area contributed by atoms with E-state index < -0.39 is 0 Å². The van der Waals surface area contributed by atoms with Crippen LogP contribution in [0.2, 0.25) is 0 Å². The van der Waals surface area contributed by atoms with Crippen molar-refractivity contribution in [3.63, 3.8) is 0 Å². The summed E-state index contributed by atoms with van der Waals surface area (Å²) in [6.07, 6.45) is 3.50. The van der Waals surface area contributed by atoms with Crippen molar-refractivity contribution >= 4 is 11.3 Å². The molecule has 1 atom stereocenters. The SMILES string of the molecule is C[C@@H](CO)CCCc1cccs1. The third kappa shape index (κ3) is 3.37. The molecule has 0 fully saturated rings. The first-order chi connectivity index (χ1) is 5.83. The average molecular weight is 184 g/mol. The third-order valence-electron chi connectivity index (χ3n) is 2.01. The summed E-state index contributed by atoms with van der Waals surface area (Å²) in [4.78, 5) is 1.46. The summed E-state index contributed by atoms with van der Waals surface area (Å²) in [5, 5.41) is 10.9. The maximum Gasteiger partial charge on any atom is 0.0456 e. The van der Waals surface area contributed by atoms with Crippen LogP contribution in [0.5, 0.6) is 0 Å². The molecule has 1 nitrogen and oxygen atoms in total. The first-order valence-electron chi connectivity index (χ1n) is 4.46. The van der Waals surface area contributed by atoms with Crippen LogP contribution in [0.3, 0.4) is 0 Å². The van der Waals surface area contributed by atoms with Crippen LogP contribution < -0.4 is 0 Å². The van der Waals surface area contributed by atoms with Crippen LogP contribution in [0.1, 0.15) is 24.6 Å². The minimum absolute atomic E-state index is 0.324. The molecular weight excluding hydrogens is 168 g/mol. The highest BCUT2D eigenvalue weighted by molar-refractivity contribution is 7.09. The molecule has 0 bridgehead atoms. The largest absolute Gasteiger partial charge is 0.396 e. The number of thiophene rings is 1. The van der Waals surface area contributed by atoms with E-state index in [4.69, 9.17) is 5.11 Å². The Bertz CT molecular complexity index is 194. The van der Waals surface area contributed by atoms with Gasteiger partial charge in [-0.25, -0.2) is 0 Å². The van der Waals surface area contributed by atoms with Crippen molar-refractivity contribution in [1.29, 1.82) is 0 Å². The summed E-state index contributed by atoms with van der Waals surface area (Å²) in [6, 6.07) is 4.27. The van der Waals surface area contributed by atoms with Gasteiger partial charge in [0.2, 0.25) is 0 Å². The molecule has 0 radical (unpaired) electrons. The first kappa shape index (κ1) is 9.75. The second kappa shape index (κ2) is 5.33. The van der Waals surface area contributed by atoms with Gasteiger partial charge in [0.25, 0.3) is 0 Å². The van der Waals surface area contributed by atoms with Gasteiger partial charge < -0.3 is 5.11 Å². The molecule has 0 saturated heterocycles. The number of aryl methyl sites for hydroxylation is 1. The molecule has 1 aromatic rings. The number of rotatable bonds is 5. The molecule has 1 aromatic heterocycles. The Balaban J connectivity index is 2.11. The van der Waals surface area contributed by atoms with Crippen molar-refractivity contribution in [2.45, 2.75) is 26.2 Å². The Morgan fingerprint density at radius 2 is 2.42 bits per heavy atom. The van der Waals surface area contributed by atoms with E-state index in [1.807, 2.05) is 11.3 Å². The zero-order valence-electron chi connectivity index (χ0n) is 7.49. The van der Waals surface area contributed by atoms with Crippen LogP contribution in [0.4, 0.5) is 0 Å². The van der Waals surface area contributed by atoms with Crippen molar-refractivity contribution in [3.05, 3.63) is 22.4 Å². The molecular formula is C10H16OS. The van der Waals surface area contributed by atoms with Gasteiger partial charge in [-0.1, -0.05) is 13.0 Å². The standard InChI is InChI=1S/C10H16OS/c1-9(8-11)4-2-5-10-6-3-7-12-10/h3,6-7,9,11H,2,4-5,8H2,1H3/t9-/m1/s1. The molecule has 12 heavy (non-hydrogen) atoms. The molecule has 2 heteroatoms. The number of hydrogen-bond acceptors (Lipinski definition) is 2. The normalized spacial score (nSPS) is 13.2. The third-order valence-corrected chi connectivity index (χ3v) is 2.95. The molecule has 0 spiro atoms. The maximum atomic E-state index is 8.79. The molecule has 0 aliphatic heterocycles. The van der Waals surface area contributed by atoms with Crippen LogP contribution in [0.15, 0.2) is 17.5 Å². The Kier molecular flexibility index (Phi) is 4.33. The summed E-state index contributed by atoms with van der Waals surface area (Å²) in [6.45, 7) is 2.42. The highest BCUT2D eigenvalue weighted by Gasteiger charge is 2.00. The molecule has 1 N–H and O–H groups in total. The van der Waals surface area contributed by atoms with Gasteiger partial charge in [0, 0.05) is 11.5 Å². The molecule has 1 heterocycles. The minimum Gasteiger partial charge on any atom is -0.396 e. The second-order valence-electron chi connectivity index (χ2n) is 3.26. The molecule has 0 amide bonds. The lowest BCUT2D eigenvalue weighted by Gasteiger charge is -2.05. The summed E-state index contributed by atoms with van der Waals surface area (Å²) in [5.74, 6) is 0.463. The highest BCUT2D eigenvalue weighted by atomic mass is 32.1. The summed E-state index contributed by atoms with van der Waals surface area (Å²) in [5.41, 5.74) is 0. The summed E-state index contributed by atoms with van der Waals surface area (Å²) >= 11 is 1.82. The van der Waals surface area contributed by atoms with Gasteiger partial charge in [0.1, 0.15) is 0 Å². The van der Waals surface area contributed by atoms with Gasteiger partial charge in [-0.15, -0.1) is 11.3 Å². The van der Waals surface area contributed by atoms with E-state index in [2.05, 4.69) is 24.4 Å². The van der Waals surface area contributed by atoms with Crippen molar-refractivity contribution in [2.75, 3.05) is 6.61 Å². The number of aliphatic hydroxyl groups excluding tert-OH is 1. The van der Waals surface area contributed by atoms with Gasteiger partial charge in [-0.05, 0) is 36.6 Å². The van der Waals surface area contributed by atoms with Gasteiger partial charge in [-0.3, -0.25) is 0 Å². The Hall–Kier alpha value is -0.340. The second-order valence-corrected chi connectivity index (χ2v) is 4.29. The quantitative estimate of drug-likeness (QED) is 0.746. The molecule has 0 unspecified atom stereocenters. The lowest BCUT2D eigenvalue weighted by atomic mass is 10.1. The van der Waals surface area contributed by atoms with Crippen LogP contribution >= 0.6 is 11.3 Å². The fraction of sp³-hybridized carbons (Fsp3) is 0.600. The first-order valence-corrected chi connectivity index (χ1v) is 5.34. The summed E-state index contributed by atoms with van der Waals surface area (Å²) in [7, 11) is 0. The van der Waals surface area contributed by atoms with Crippen LogP contribution in [0, 0.1) is 5.92 Å². The predicted octanol–water partition coefficient (Wildman–Crippen LogP) is 2.70. The Morgan fingerprint density at radius 1 is 1.58 bits per heavy atom. The van der Waals surface area contributed by atoms with Crippen LogP contribution in [0.25, 0.3) is 0 Å². The topological polar surface area (TPSA) is 20.2 Å². The van der Waals surface area contributed by atoms with Crippen molar-refractivity contribution in [3.8, 4) is 0 Å². The Labute approximate surface area is 78.1 Å².